The molecule has 0 unspecified atom stereocenters. The number of hydrogen-bond acceptors (Lipinski definition) is 6. The van der Waals surface area contributed by atoms with Gasteiger partial charge in [0.1, 0.15) is 24.4 Å². The number of carbonyl (C=O) groups excluding carboxylic acids is 2. The van der Waals surface area contributed by atoms with Crippen LogP contribution < -0.4 is 20.9 Å². The normalized spacial score (nSPS) is 18.0. The van der Waals surface area contributed by atoms with E-state index in [2.05, 4.69) is 29.5 Å². The monoisotopic (exact) mass is 509 g/mol. The van der Waals surface area contributed by atoms with Gasteiger partial charge in [-0.3, -0.25) is 19.0 Å². The third-order valence-corrected chi connectivity index (χ3v) is 6.69. The van der Waals surface area contributed by atoms with Crippen LogP contribution in [-0.2, 0) is 17.9 Å². The van der Waals surface area contributed by atoms with Crippen LogP contribution in [0.4, 0.5) is 5.69 Å². The van der Waals surface area contributed by atoms with Crippen molar-refractivity contribution in [2.75, 3.05) is 25.0 Å². The maximum atomic E-state index is 13.5. The van der Waals surface area contributed by atoms with Crippen LogP contribution in [0.3, 0.4) is 0 Å². The van der Waals surface area contributed by atoms with Gasteiger partial charge in [0.2, 0.25) is 5.91 Å². The number of benzene rings is 1. The highest BCUT2D eigenvalue weighted by molar-refractivity contribution is 6.30. The van der Waals surface area contributed by atoms with E-state index in [1.54, 1.807) is 35.4 Å². The van der Waals surface area contributed by atoms with Gasteiger partial charge in [0.25, 0.3) is 11.5 Å². The van der Waals surface area contributed by atoms with Crippen LogP contribution in [0.1, 0.15) is 36.7 Å². The van der Waals surface area contributed by atoms with E-state index in [9.17, 15) is 14.4 Å². The lowest BCUT2D eigenvalue weighted by Crippen LogP contribution is -2.56. The van der Waals surface area contributed by atoms with Crippen molar-refractivity contribution in [3.63, 3.8) is 0 Å². The number of pyridine rings is 2. The molecule has 2 amide bonds. The highest BCUT2D eigenvalue weighted by Crippen LogP contribution is 2.35. The second-order valence-electron chi connectivity index (χ2n) is 10.3. The highest BCUT2D eigenvalue weighted by atomic mass is 35.5. The number of amides is 2. The molecule has 36 heavy (non-hydrogen) atoms. The average Bonchev–Trinajstić information content (AvgIpc) is 2.82. The molecule has 3 aromatic rings. The quantitative estimate of drug-likeness (QED) is 0.547. The van der Waals surface area contributed by atoms with Crippen molar-refractivity contribution in [1.82, 2.24) is 19.8 Å². The van der Waals surface area contributed by atoms with Gasteiger partial charge >= 0.3 is 0 Å². The predicted molar refractivity (Wildman–Crippen MR) is 138 cm³/mol. The van der Waals surface area contributed by atoms with Crippen LogP contribution in [-0.4, -0.2) is 52.0 Å². The third kappa shape index (κ3) is 4.63. The zero-order valence-corrected chi connectivity index (χ0v) is 21.2. The predicted octanol–water partition coefficient (Wildman–Crippen LogP) is 3.04. The summed E-state index contributed by atoms with van der Waals surface area (Å²) in [5.41, 5.74) is 1.22. The maximum Gasteiger partial charge on any atom is 0.265 e. The molecule has 1 saturated heterocycles. The molecule has 1 atom stereocenters. The molecule has 2 N–H and O–H groups in total. The Hall–Kier alpha value is -3.59. The Labute approximate surface area is 213 Å². The summed E-state index contributed by atoms with van der Waals surface area (Å²) in [5, 5.41) is 7.20. The summed E-state index contributed by atoms with van der Waals surface area (Å²) >= 11 is 5.94. The van der Waals surface area contributed by atoms with Crippen LogP contribution in [0.15, 0.2) is 41.3 Å². The number of likely N-dealkylation sites (tertiary alicyclic amines) is 1. The minimum atomic E-state index is -0.575. The first kappa shape index (κ1) is 24.1. The van der Waals surface area contributed by atoms with Crippen molar-refractivity contribution < 1.29 is 14.3 Å². The molecule has 1 aromatic carbocycles. The topological polar surface area (TPSA) is 106 Å². The first-order valence-electron chi connectivity index (χ1n) is 11.9. The van der Waals surface area contributed by atoms with E-state index in [0.29, 0.717) is 47.2 Å². The minimum absolute atomic E-state index is 0.0552. The molecule has 10 heteroatoms. The van der Waals surface area contributed by atoms with E-state index in [0.717, 1.165) is 5.56 Å². The largest absolute Gasteiger partial charge is 0.488 e. The molecule has 1 fully saturated rings. The van der Waals surface area contributed by atoms with Crippen molar-refractivity contribution in [3.8, 4) is 5.75 Å². The van der Waals surface area contributed by atoms with Crippen LogP contribution in [0.25, 0.3) is 11.0 Å². The number of fused-ring (bicyclic) bond motifs is 3. The lowest BCUT2D eigenvalue weighted by Gasteiger charge is -2.45. The Morgan fingerprint density at radius 1 is 1.25 bits per heavy atom. The van der Waals surface area contributed by atoms with Gasteiger partial charge in [0, 0.05) is 24.7 Å². The molecular weight excluding hydrogens is 482 g/mol. The first-order valence-corrected chi connectivity index (χ1v) is 12.3. The summed E-state index contributed by atoms with van der Waals surface area (Å²) in [6.45, 7) is 7.82. The van der Waals surface area contributed by atoms with E-state index in [1.807, 2.05) is 6.92 Å². The summed E-state index contributed by atoms with van der Waals surface area (Å²) in [5.74, 6) is -0.224. The lowest BCUT2D eigenvalue weighted by molar-refractivity contribution is -0.142. The Bertz CT molecular complexity index is 1410. The zero-order valence-electron chi connectivity index (χ0n) is 20.4. The molecule has 2 aromatic heterocycles. The molecular formula is C26H28ClN5O4. The Kier molecular flexibility index (Phi) is 6.12. The van der Waals surface area contributed by atoms with Gasteiger partial charge in [-0.05, 0) is 36.1 Å². The second-order valence-corrected chi connectivity index (χ2v) is 10.7. The maximum absolute atomic E-state index is 13.5. The summed E-state index contributed by atoms with van der Waals surface area (Å²) in [4.78, 5) is 45.9. The Balaban J connectivity index is 1.53. The van der Waals surface area contributed by atoms with Gasteiger partial charge in [-0.2, -0.15) is 0 Å². The number of carbonyl (C=O) groups is 2. The van der Waals surface area contributed by atoms with Crippen molar-refractivity contribution >= 4 is 40.1 Å². The van der Waals surface area contributed by atoms with Crippen LogP contribution in [0.2, 0.25) is 5.02 Å². The molecule has 0 saturated carbocycles. The van der Waals surface area contributed by atoms with Gasteiger partial charge in [0.15, 0.2) is 5.75 Å². The fourth-order valence-corrected chi connectivity index (χ4v) is 4.78. The van der Waals surface area contributed by atoms with E-state index in [4.69, 9.17) is 16.3 Å². The van der Waals surface area contributed by atoms with Gasteiger partial charge < -0.3 is 20.3 Å². The number of ether oxygens (including phenoxy) is 1. The smallest absolute Gasteiger partial charge is 0.265 e. The van der Waals surface area contributed by atoms with Crippen molar-refractivity contribution in [2.45, 2.75) is 39.9 Å². The van der Waals surface area contributed by atoms with E-state index >= 15 is 0 Å². The van der Waals surface area contributed by atoms with Crippen molar-refractivity contribution in [1.29, 1.82) is 0 Å². The molecule has 2 aliphatic rings. The minimum Gasteiger partial charge on any atom is -0.488 e. The molecule has 0 spiro atoms. The molecule has 9 nitrogen and oxygen atoms in total. The fourth-order valence-electron chi connectivity index (χ4n) is 4.65. The van der Waals surface area contributed by atoms with E-state index in [-0.39, 0.29) is 36.0 Å². The van der Waals surface area contributed by atoms with Gasteiger partial charge in [-0.15, -0.1) is 0 Å². The summed E-state index contributed by atoms with van der Waals surface area (Å²) < 4.78 is 7.25. The number of nitrogens with one attached hydrogen (secondary N) is 2. The van der Waals surface area contributed by atoms with Gasteiger partial charge in [-0.25, -0.2) is 4.98 Å². The van der Waals surface area contributed by atoms with Crippen LogP contribution in [0.5, 0.6) is 5.75 Å². The zero-order chi connectivity index (χ0) is 25.6. The second kappa shape index (κ2) is 9.13. The number of halogens is 1. The SMILES string of the molecule is C[C@H]1COc2c(cnc3c2cc(C(=O)NCc2ccc(Cl)cc2)c(=O)n3CC(=O)N2CC(C)(C)C2)N1. The Morgan fingerprint density at radius 2 is 1.97 bits per heavy atom. The molecule has 188 valence electrons. The molecule has 0 aliphatic carbocycles. The van der Waals surface area contributed by atoms with Crippen LogP contribution in [0, 0.1) is 5.41 Å². The van der Waals surface area contributed by atoms with Gasteiger partial charge in [0.05, 0.1) is 23.3 Å². The summed E-state index contributed by atoms with van der Waals surface area (Å²) in [6, 6.07) is 8.66. The molecule has 5 rings (SSSR count). The lowest BCUT2D eigenvalue weighted by atomic mass is 9.84. The number of aromatic nitrogens is 2. The van der Waals surface area contributed by atoms with Crippen molar-refractivity contribution in [3.05, 3.63) is 63.0 Å². The van der Waals surface area contributed by atoms with Crippen molar-refractivity contribution in [2.24, 2.45) is 5.41 Å². The van der Waals surface area contributed by atoms with Gasteiger partial charge in [-0.1, -0.05) is 37.6 Å². The molecule has 4 heterocycles. The van der Waals surface area contributed by atoms with E-state index in [1.165, 1.54) is 10.6 Å². The summed E-state index contributed by atoms with van der Waals surface area (Å²) in [6.07, 6.45) is 1.60. The number of rotatable bonds is 5. The van der Waals surface area contributed by atoms with Crippen LogP contribution >= 0.6 is 11.6 Å². The molecule has 0 radical (unpaired) electrons. The highest BCUT2D eigenvalue weighted by Gasteiger charge is 2.37. The molecule has 2 aliphatic heterocycles. The third-order valence-electron chi connectivity index (χ3n) is 6.44. The Morgan fingerprint density at radius 3 is 2.67 bits per heavy atom. The van der Waals surface area contributed by atoms with E-state index < -0.39 is 11.5 Å². The standard InChI is InChI=1S/C26H28ClN5O4/c1-15-12-36-22-18-8-19(24(34)29-9-16-4-6-17(27)7-5-16)25(35)32(23(18)28-10-20(22)30-15)11-21(33)31-13-26(2,3)14-31/h4-8,10,15,30H,9,11-14H2,1-3H3,(H,29,34)/t15-/m0/s1. The number of nitrogens with zero attached hydrogens (tertiary/aromatic N) is 3. The molecule has 0 bridgehead atoms. The fraction of sp³-hybridized carbons (Fsp3) is 0.385. The number of hydrogen-bond donors (Lipinski definition) is 2. The average molecular weight is 510 g/mol. The number of anilines is 1. The summed E-state index contributed by atoms with van der Waals surface area (Å²) in [7, 11) is 0. The first-order chi connectivity index (χ1) is 17.1.